The fraction of sp³-hybridized carbons (Fsp3) is 0.621. The number of amides is 2. The van der Waals surface area contributed by atoms with Crippen molar-refractivity contribution in [3.63, 3.8) is 0 Å². The number of piperidine rings is 1. The fourth-order valence-corrected chi connectivity index (χ4v) is 6.50. The molecule has 1 aromatic heterocycles. The summed E-state index contributed by atoms with van der Waals surface area (Å²) in [6, 6.07) is 6.17. The van der Waals surface area contributed by atoms with Crippen LogP contribution in [0, 0.1) is 19.8 Å². The highest BCUT2D eigenvalue weighted by Crippen LogP contribution is 2.35. The molecule has 2 fully saturated rings. The zero-order chi connectivity index (χ0) is 30.1. The molecule has 3 heterocycles. The van der Waals surface area contributed by atoms with Crippen LogP contribution < -0.4 is 10.0 Å². The van der Waals surface area contributed by atoms with Crippen LogP contribution in [0.1, 0.15) is 63.4 Å². The van der Waals surface area contributed by atoms with Gasteiger partial charge in [-0.1, -0.05) is 27.2 Å². The number of likely N-dealkylation sites (tertiary alicyclic amines) is 1. The first-order valence-electron chi connectivity index (χ1n) is 14.4. The van der Waals surface area contributed by atoms with E-state index in [0.717, 1.165) is 41.7 Å². The summed E-state index contributed by atoms with van der Waals surface area (Å²) in [5.74, 6) is -0.493. The molecule has 41 heavy (non-hydrogen) atoms. The van der Waals surface area contributed by atoms with Crippen LogP contribution in [-0.4, -0.2) is 88.5 Å². The van der Waals surface area contributed by atoms with E-state index in [4.69, 9.17) is 5.10 Å². The van der Waals surface area contributed by atoms with Gasteiger partial charge in [0.1, 0.15) is 11.6 Å². The van der Waals surface area contributed by atoms with Gasteiger partial charge in [-0.15, -0.1) is 0 Å². The van der Waals surface area contributed by atoms with E-state index in [1.54, 1.807) is 17.0 Å². The van der Waals surface area contributed by atoms with E-state index >= 15 is 0 Å². The molecule has 12 heteroatoms. The van der Waals surface area contributed by atoms with Crippen LogP contribution in [0.4, 0.5) is 5.69 Å². The Morgan fingerprint density at radius 1 is 1.15 bits per heavy atom. The second-order valence-electron chi connectivity index (χ2n) is 11.8. The summed E-state index contributed by atoms with van der Waals surface area (Å²) < 4.78 is 27.4. The van der Waals surface area contributed by atoms with Gasteiger partial charge in [-0.05, 0) is 63.3 Å². The maximum atomic E-state index is 13.6. The number of anilines is 1. The van der Waals surface area contributed by atoms with Gasteiger partial charge in [0.05, 0.1) is 23.7 Å². The number of carbonyl (C=O) groups excluding carboxylic acids is 2. The molecule has 3 N–H and O–H groups in total. The third-order valence-corrected chi connectivity index (χ3v) is 9.05. The lowest BCUT2D eigenvalue weighted by molar-refractivity contribution is -0.165. The second kappa shape index (κ2) is 12.1. The van der Waals surface area contributed by atoms with Crippen LogP contribution in [0.15, 0.2) is 24.3 Å². The van der Waals surface area contributed by atoms with Crippen LogP contribution in [0.25, 0.3) is 5.69 Å². The van der Waals surface area contributed by atoms with Gasteiger partial charge in [-0.2, -0.15) is 5.10 Å². The largest absolute Gasteiger partial charge is 0.390 e. The summed E-state index contributed by atoms with van der Waals surface area (Å²) >= 11 is 0. The van der Waals surface area contributed by atoms with Gasteiger partial charge in [0.15, 0.2) is 0 Å². The third kappa shape index (κ3) is 6.44. The summed E-state index contributed by atoms with van der Waals surface area (Å²) in [7, 11) is -3.35. The summed E-state index contributed by atoms with van der Waals surface area (Å²) in [6.07, 6.45) is 2.95. The number of aromatic nitrogens is 2. The molecule has 4 rings (SSSR count). The van der Waals surface area contributed by atoms with Gasteiger partial charge < -0.3 is 15.3 Å². The SMILES string of the molecule is CCCCN1C(=O)C(C(O)C(C)C)NC(=O)C12CCN(Cc1c(C)nn(-c3ccc(NS(C)(=O)=O)cc3)c1C)CC2. The van der Waals surface area contributed by atoms with Crippen LogP contribution in [0.5, 0.6) is 0 Å². The number of hydrogen-bond acceptors (Lipinski definition) is 7. The van der Waals surface area contributed by atoms with Crippen molar-refractivity contribution < 1.29 is 23.1 Å². The smallest absolute Gasteiger partial charge is 0.248 e. The Kier molecular flexibility index (Phi) is 9.15. The molecule has 0 bridgehead atoms. The predicted molar refractivity (Wildman–Crippen MR) is 158 cm³/mol. The van der Waals surface area contributed by atoms with Crippen molar-refractivity contribution in [1.82, 2.24) is 24.9 Å². The molecule has 1 spiro atoms. The molecule has 2 unspecified atom stereocenters. The molecule has 11 nitrogen and oxygen atoms in total. The number of hydrogen-bond donors (Lipinski definition) is 3. The quantitative estimate of drug-likeness (QED) is 0.388. The van der Waals surface area contributed by atoms with Crippen molar-refractivity contribution in [3.8, 4) is 5.69 Å². The van der Waals surface area contributed by atoms with E-state index in [-0.39, 0.29) is 17.7 Å². The lowest BCUT2D eigenvalue weighted by Gasteiger charge is -2.52. The monoisotopic (exact) mass is 588 g/mol. The number of rotatable bonds is 10. The van der Waals surface area contributed by atoms with Crippen LogP contribution in [0.3, 0.4) is 0 Å². The lowest BCUT2D eigenvalue weighted by Crippen LogP contribution is -2.74. The van der Waals surface area contributed by atoms with Crippen molar-refractivity contribution in [1.29, 1.82) is 0 Å². The average molecular weight is 589 g/mol. The number of piperazine rings is 1. The number of carbonyl (C=O) groups is 2. The maximum absolute atomic E-state index is 13.6. The van der Waals surface area contributed by atoms with Crippen LogP contribution in [0.2, 0.25) is 0 Å². The maximum Gasteiger partial charge on any atom is 0.248 e. The molecule has 2 aliphatic heterocycles. The first kappa shape index (κ1) is 31.0. The Bertz CT molecular complexity index is 1360. The van der Waals surface area contributed by atoms with Gasteiger partial charge >= 0.3 is 0 Å². The Hall–Kier alpha value is -2.96. The molecule has 1 aromatic carbocycles. The van der Waals surface area contributed by atoms with Crippen LogP contribution in [-0.2, 0) is 26.2 Å². The number of nitrogens with one attached hydrogen (secondary N) is 2. The van der Waals surface area contributed by atoms with E-state index in [1.165, 1.54) is 0 Å². The first-order chi connectivity index (χ1) is 19.3. The summed E-state index contributed by atoms with van der Waals surface area (Å²) in [6.45, 7) is 12.2. The molecule has 2 saturated heterocycles. The van der Waals surface area contributed by atoms with Gasteiger partial charge in [-0.25, -0.2) is 13.1 Å². The summed E-state index contributed by atoms with van der Waals surface area (Å²) in [5, 5.41) is 18.3. The molecule has 2 atom stereocenters. The van der Waals surface area contributed by atoms with Crippen molar-refractivity contribution in [2.45, 2.75) is 84.5 Å². The molecular formula is C29H44N6O5S. The van der Waals surface area contributed by atoms with Crippen molar-refractivity contribution in [3.05, 3.63) is 41.2 Å². The van der Waals surface area contributed by atoms with E-state index in [9.17, 15) is 23.1 Å². The van der Waals surface area contributed by atoms with E-state index in [1.807, 2.05) is 44.5 Å². The minimum absolute atomic E-state index is 0.150. The van der Waals surface area contributed by atoms with Gasteiger partial charge in [0.25, 0.3) is 0 Å². The van der Waals surface area contributed by atoms with E-state index < -0.39 is 27.7 Å². The average Bonchev–Trinajstić information content (AvgIpc) is 3.19. The van der Waals surface area contributed by atoms with Crippen LogP contribution >= 0.6 is 0 Å². The first-order valence-corrected chi connectivity index (χ1v) is 16.3. The molecular weight excluding hydrogens is 544 g/mol. The fourth-order valence-electron chi connectivity index (χ4n) is 5.94. The Morgan fingerprint density at radius 2 is 1.78 bits per heavy atom. The zero-order valence-electron chi connectivity index (χ0n) is 25.0. The van der Waals surface area contributed by atoms with Gasteiger partial charge in [0, 0.05) is 43.1 Å². The number of aliphatic hydroxyl groups excluding tert-OH is 1. The summed E-state index contributed by atoms with van der Waals surface area (Å²) in [4.78, 5) is 31.2. The second-order valence-corrected chi connectivity index (χ2v) is 13.6. The van der Waals surface area contributed by atoms with Gasteiger partial charge in [-0.3, -0.25) is 19.2 Å². The minimum atomic E-state index is -3.35. The number of nitrogens with zero attached hydrogens (tertiary/aromatic N) is 4. The molecule has 226 valence electrons. The highest BCUT2D eigenvalue weighted by molar-refractivity contribution is 7.92. The van der Waals surface area contributed by atoms with E-state index in [0.29, 0.717) is 44.7 Å². The molecule has 0 radical (unpaired) electrons. The van der Waals surface area contributed by atoms with Crippen molar-refractivity contribution in [2.75, 3.05) is 30.6 Å². The Labute approximate surface area is 243 Å². The zero-order valence-corrected chi connectivity index (χ0v) is 25.8. The van der Waals surface area contributed by atoms with Gasteiger partial charge in [0.2, 0.25) is 21.8 Å². The number of aryl methyl sites for hydroxylation is 1. The molecule has 2 amide bonds. The normalized spacial score (nSPS) is 20.5. The number of sulfonamides is 1. The van der Waals surface area contributed by atoms with E-state index in [2.05, 4.69) is 21.9 Å². The number of aliphatic hydroxyl groups is 1. The summed E-state index contributed by atoms with van der Waals surface area (Å²) in [5.41, 5.74) is 3.42. The standard InChI is InChI=1S/C29H44N6O5S/c1-7-8-15-34-27(37)25(26(36)19(2)3)30-28(38)29(34)13-16-33(17-14-29)18-24-20(4)31-35(21(24)5)23-11-9-22(10-12-23)32-41(6,39)40/h9-12,19,25-26,32,36H,7-8,13-18H2,1-6H3,(H,30,38). The minimum Gasteiger partial charge on any atom is -0.390 e. The molecule has 2 aliphatic rings. The predicted octanol–water partition coefficient (Wildman–Crippen LogP) is 2.34. The Morgan fingerprint density at radius 3 is 2.34 bits per heavy atom. The molecule has 0 saturated carbocycles. The highest BCUT2D eigenvalue weighted by atomic mass is 32.2. The van der Waals surface area contributed by atoms with Crippen molar-refractivity contribution >= 4 is 27.5 Å². The third-order valence-electron chi connectivity index (χ3n) is 8.44. The molecule has 2 aromatic rings. The number of benzene rings is 1. The molecule has 0 aliphatic carbocycles. The lowest BCUT2D eigenvalue weighted by atomic mass is 9.80. The number of unbranched alkanes of at least 4 members (excludes halogenated alkanes) is 1. The van der Waals surface area contributed by atoms with Crippen molar-refractivity contribution in [2.24, 2.45) is 5.92 Å². The topological polar surface area (TPSA) is 137 Å². The highest BCUT2D eigenvalue weighted by Gasteiger charge is 2.54. The Balaban J connectivity index is 1.49.